The van der Waals surface area contributed by atoms with E-state index in [9.17, 15) is 22.8 Å². The molecular weight excluding hydrogens is 704 g/mol. The minimum Gasteiger partial charge on any atom is -0.453 e. The van der Waals surface area contributed by atoms with Gasteiger partial charge < -0.3 is 14.8 Å². The van der Waals surface area contributed by atoms with E-state index >= 15 is 0 Å². The number of amides is 2. The molecule has 1 unspecified atom stereocenters. The van der Waals surface area contributed by atoms with Crippen molar-refractivity contribution in [3.8, 4) is 22.8 Å². The molecule has 0 aliphatic carbocycles. The van der Waals surface area contributed by atoms with Crippen molar-refractivity contribution in [2.75, 3.05) is 24.8 Å². The van der Waals surface area contributed by atoms with Crippen molar-refractivity contribution in [3.63, 3.8) is 0 Å². The van der Waals surface area contributed by atoms with Gasteiger partial charge in [0.2, 0.25) is 5.91 Å². The van der Waals surface area contributed by atoms with Crippen LogP contribution in [0.1, 0.15) is 36.5 Å². The molecule has 3 aromatic carbocycles. The summed E-state index contributed by atoms with van der Waals surface area (Å²) in [6, 6.07) is 18.5. The molecule has 0 spiro atoms. The summed E-state index contributed by atoms with van der Waals surface area (Å²) in [5.74, 6) is 0.357. The third-order valence-electron chi connectivity index (χ3n) is 7.63. The number of thioether (sulfide) groups is 1. The fourth-order valence-electron chi connectivity index (χ4n) is 5.06. The first-order valence-corrected chi connectivity index (χ1v) is 16.9. The van der Waals surface area contributed by atoms with Crippen LogP contribution in [0.3, 0.4) is 0 Å². The largest absolute Gasteiger partial charge is 0.573 e. The molecule has 16 heteroatoms. The number of aromatic nitrogens is 3. The quantitative estimate of drug-likeness (QED) is 0.140. The number of aliphatic imine (C=N–C) groups is 1. The normalized spacial score (nSPS) is 14.7. The lowest BCUT2D eigenvalue weighted by Gasteiger charge is -2.26. The number of thiocarbonyl (C=S) groups is 1. The molecule has 1 aliphatic rings. The number of aryl methyl sites for hydroxylation is 1. The summed E-state index contributed by atoms with van der Waals surface area (Å²) in [5.41, 5.74) is 4.77. The predicted molar refractivity (Wildman–Crippen MR) is 195 cm³/mol. The number of carbonyl (C=O) groups excluding carboxylic acids is 2. The van der Waals surface area contributed by atoms with Crippen LogP contribution in [-0.2, 0) is 9.53 Å². The van der Waals surface area contributed by atoms with E-state index in [1.54, 1.807) is 24.1 Å². The van der Waals surface area contributed by atoms with Crippen LogP contribution in [0.2, 0.25) is 0 Å². The summed E-state index contributed by atoms with van der Waals surface area (Å²) in [6.07, 6.45) is -1.19. The molecule has 1 aliphatic heterocycles. The van der Waals surface area contributed by atoms with Gasteiger partial charge in [0.05, 0.1) is 24.2 Å². The van der Waals surface area contributed by atoms with E-state index in [-0.39, 0.29) is 28.4 Å². The van der Waals surface area contributed by atoms with E-state index in [4.69, 9.17) is 17.0 Å². The molecule has 1 atom stereocenters. The van der Waals surface area contributed by atoms with Gasteiger partial charge in [-0.3, -0.25) is 14.6 Å². The molecule has 0 bridgehead atoms. The zero-order valence-electron chi connectivity index (χ0n) is 28.2. The Morgan fingerprint density at radius 1 is 1.12 bits per heavy atom. The first-order chi connectivity index (χ1) is 24.2. The molecule has 2 heterocycles. The smallest absolute Gasteiger partial charge is 0.453 e. The SMILES string of the molecule is COC(=O)N(C)C(/C=C/c1ccc(-c2ncn(-c3ccc(OC(F)(F)F)cc3)n2)cc1)NC(=S)N=C1SCC(=O)N1c1cc(C)ccc1C(C)C. The van der Waals surface area contributed by atoms with Gasteiger partial charge in [-0.1, -0.05) is 68.1 Å². The number of amidine groups is 1. The zero-order chi connectivity index (χ0) is 36.9. The molecule has 266 valence electrons. The van der Waals surface area contributed by atoms with Gasteiger partial charge in [0.15, 0.2) is 16.1 Å². The van der Waals surface area contributed by atoms with Gasteiger partial charge in [-0.25, -0.2) is 14.5 Å². The first-order valence-electron chi connectivity index (χ1n) is 15.5. The monoisotopic (exact) mass is 737 g/mol. The third-order valence-corrected chi connectivity index (χ3v) is 8.76. The molecule has 51 heavy (non-hydrogen) atoms. The van der Waals surface area contributed by atoms with Crippen molar-refractivity contribution in [2.24, 2.45) is 4.99 Å². The van der Waals surface area contributed by atoms with Gasteiger partial charge in [-0.05, 0) is 78.2 Å². The number of rotatable bonds is 9. The van der Waals surface area contributed by atoms with E-state index in [0.717, 1.165) is 22.4 Å². The van der Waals surface area contributed by atoms with E-state index in [1.165, 1.54) is 59.0 Å². The van der Waals surface area contributed by atoms with Crippen molar-refractivity contribution in [3.05, 3.63) is 95.8 Å². The topological polar surface area (TPSA) is 114 Å². The Morgan fingerprint density at radius 2 is 1.82 bits per heavy atom. The molecule has 1 fully saturated rings. The third kappa shape index (κ3) is 9.32. The van der Waals surface area contributed by atoms with Crippen LogP contribution < -0.4 is 15.0 Å². The van der Waals surface area contributed by atoms with Crippen molar-refractivity contribution < 1.29 is 32.2 Å². The Morgan fingerprint density at radius 3 is 2.47 bits per heavy atom. The highest BCUT2D eigenvalue weighted by Gasteiger charge is 2.33. The Kier molecular flexibility index (Phi) is 11.5. The van der Waals surface area contributed by atoms with Crippen LogP contribution in [0, 0.1) is 6.92 Å². The highest BCUT2D eigenvalue weighted by molar-refractivity contribution is 8.15. The van der Waals surface area contributed by atoms with Crippen molar-refractivity contribution in [1.82, 2.24) is 25.0 Å². The minimum atomic E-state index is -4.78. The average Bonchev–Trinajstić information content (AvgIpc) is 3.72. The standard InChI is InChI=1S/C35H34F3N7O4S2/c1-21(2)27-16-6-22(3)18-28(27)45-30(46)19-51-33(45)41-32(50)40-29(43(4)34(47)48-5)17-9-23-7-10-24(11-8-23)31-39-20-44(42-31)25-12-14-26(15-13-25)49-35(36,37)38/h6-18,20-21,29H,19H2,1-5H3,(H,40,50)/b17-9+,41-33?. The lowest BCUT2D eigenvalue weighted by atomic mass is 9.99. The van der Waals surface area contributed by atoms with E-state index < -0.39 is 18.6 Å². The summed E-state index contributed by atoms with van der Waals surface area (Å²) in [5, 5.41) is 8.02. The summed E-state index contributed by atoms with van der Waals surface area (Å²) < 4.78 is 47.7. The van der Waals surface area contributed by atoms with Gasteiger partial charge in [0.25, 0.3) is 0 Å². The number of hydrogen-bond acceptors (Lipinski definition) is 8. The first kappa shape index (κ1) is 37.0. The highest BCUT2D eigenvalue weighted by atomic mass is 32.2. The van der Waals surface area contributed by atoms with Crippen molar-refractivity contribution in [2.45, 2.75) is 39.2 Å². The molecule has 11 nitrogen and oxygen atoms in total. The van der Waals surface area contributed by atoms with Crippen LogP contribution >= 0.6 is 24.0 Å². The van der Waals surface area contributed by atoms with Crippen molar-refractivity contribution in [1.29, 1.82) is 0 Å². The second-order valence-corrected chi connectivity index (χ2v) is 13.0. The molecule has 0 radical (unpaired) electrons. The maximum absolute atomic E-state index is 13.0. The van der Waals surface area contributed by atoms with E-state index in [1.807, 2.05) is 49.4 Å². The van der Waals surface area contributed by atoms with Gasteiger partial charge in [0, 0.05) is 12.6 Å². The number of ether oxygens (including phenoxy) is 2. The number of halogens is 3. The second kappa shape index (κ2) is 15.8. The number of nitrogens with one attached hydrogen (secondary N) is 1. The van der Waals surface area contributed by atoms with Gasteiger partial charge >= 0.3 is 12.5 Å². The Balaban J connectivity index is 1.31. The molecule has 0 saturated carbocycles. The number of alkyl halides is 3. The summed E-state index contributed by atoms with van der Waals surface area (Å²) >= 11 is 6.89. The molecule has 1 aromatic heterocycles. The number of methoxy groups -OCH3 is 1. The average molecular weight is 738 g/mol. The molecule has 4 aromatic rings. The molecule has 1 saturated heterocycles. The lowest BCUT2D eigenvalue weighted by molar-refractivity contribution is -0.274. The molecule has 1 N–H and O–H groups in total. The fraction of sp³-hybridized carbons (Fsp3) is 0.257. The van der Waals surface area contributed by atoms with Crippen molar-refractivity contribution >= 4 is 58.0 Å². The van der Waals surface area contributed by atoms with E-state index in [2.05, 4.69) is 39.0 Å². The summed E-state index contributed by atoms with van der Waals surface area (Å²) in [6.45, 7) is 6.09. The Labute approximate surface area is 302 Å². The van der Waals surface area contributed by atoms with Crippen LogP contribution in [0.25, 0.3) is 23.2 Å². The Bertz CT molecular complexity index is 1960. The highest BCUT2D eigenvalue weighted by Crippen LogP contribution is 2.34. The van der Waals surface area contributed by atoms with E-state index in [0.29, 0.717) is 22.2 Å². The fourth-order valence-corrected chi connectivity index (χ4v) is 6.19. The number of nitrogens with zero attached hydrogens (tertiary/aromatic N) is 6. The summed E-state index contributed by atoms with van der Waals surface area (Å²) in [7, 11) is 2.82. The lowest BCUT2D eigenvalue weighted by Crippen LogP contribution is -2.47. The second-order valence-electron chi connectivity index (χ2n) is 11.6. The number of carbonyl (C=O) groups is 2. The number of benzene rings is 3. The van der Waals surface area contributed by atoms with Crippen LogP contribution in [0.4, 0.5) is 23.7 Å². The molecule has 5 rings (SSSR count). The van der Waals surface area contributed by atoms with Crippen LogP contribution in [0.15, 0.2) is 84.1 Å². The van der Waals surface area contributed by atoms with Gasteiger partial charge in [0.1, 0.15) is 18.2 Å². The predicted octanol–water partition coefficient (Wildman–Crippen LogP) is 7.31. The number of hydrogen-bond donors (Lipinski definition) is 1. The van der Waals surface area contributed by atoms with Crippen LogP contribution in [-0.4, -0.2) is 74.4 Å². The van der Waals surface area contributed by atoms with Crippen LogP contribution in [0.5, 0.6) is 5.75 Å². The number of likely N-dealkylation sites (N-methyl/N-ethyl adjacent to an activating group) is 1. The minimum absolute atomic E-state index is 0.0703. The Hall–Kier alpha value is -5.22. The zero-order valence-corrected chi connectivity index (χ0v) is 29.8. The number of anilines is 1. The molecular formula is C35H34F3N7O4S2. The summed E-state index contributed by atoms with van der Waals surface area (Å²) in [4.78, 5) is 37.4. The van der Waals surface area contributed by atoms with Gasteiger partial charge in [-0.2, -0.15) is 4.99 Å². The van der Waals surface area contributed by atoms with Gasteiger partial charge in [-0.15, -0.1) is 18.3 Å². The maximum atomic E-state index is 13.0. The maximum Gasteiger partial charge on any atom is 0.573 e. The molecule has 2 amide bonds.